The molecule has 0 saturated carbocycles. The summed E-state index contributed by atoms with van der Waals surface area (Å²) in [6.45, 7) is 4.68. The number of hydrogen-bond donors (Lipinski definition) is 0. The molecule has 0 radical (unpaired) electrons. The zero-order valence-electron chi connectivity index (χ0n) is 14.7. The minimum Gasteiger partial charge on any atom is -0.434 e. The van der Waals surface area contributed by atoms with Crippen molar-refractivity contribution in [2.45, 2.75) is 46.4 Å². The van der Waals surface area contributed by atoms with E-state index in [1.54, 1.807) is 12.7 Å². The van der Waals surface area contributed by atoms with E-state index in [9.17, 15) is 8.78 Å². The van der Waals surface area contributed by atoms with Gasteiger partial charge in [0.05, 0.1) is 0 Å². The molecule has 0 amide bonds. The lowest BCUT2D eigenvalue weighted by atomic mass is 9.96. The first kappa shape index (κ1) is 17.8. The van der Waals surface area contributed by atoms with Crippen molar-refractivity contribution in [1.29, 1.82) is 0 Å². The largest absolute Gasteiger partial charge is 0.434 e. The van der Waals surface area contributed by atoms with Gasteiger partial charge in [0.2, 0.25) is 0 Å². The number of piperidine rings is 1. The van der Waals surface area contributed by atoms with Gasteiger partial charge in [0.25, 0.3) is 0 Å². The zero-order valence-corrected chi connectivity index (χ0v) is 14.7. The first-order chi connectivity index (χ1) is 12.0. The summed E-state index contributed by atoms with van der Waals surface area (Å²) in [5.41, 5.74) is 2.67. The number of aromatic nitrogens is 3. The highest BCUT2D eigenvalue weighted by atomic mass is 19.3. The number of nitrogens with zero attached hydrogens (tertiary/aromatic N) is 4. The first-order valence-corrected chi connectivity index (χ1v) is 8.61. The van der Waals surface area contributed by atoms with Gasteiger partial charge < -0.3 is 4.74 Å². The predicted molar refractivity (Wildman–Crippen MR) is 90.6 cm³/mol. The van der Waals surface area contributed by atoms with E-state index in [-0.39, 0.29) is 0 Å². The Hall–Kier alpha value is -2.02. The number of aryl methyl sites for hydroxylation is 2. The molecule has 7 heteroatoms. The normalized spacial score (nSPS) is 16.5. The molecule has 3 rings (SSSR count). The van der Waals surface area contributed by atoms with Crippen LogP contribution in [0.4, 0.5) is 8.78 Å². The maximum absolute atomic E-state index is 12.5. The van der Waals surface area contributed by atoms with Crippen molar-refractivity contribution in [1.82, 2.24) is 19.7 Å². The molecule has 1 aromatic carbocycles. The van der Waals surface area contributed by atoms with Crippen LogP contribution < -0.4 is 4.74 Å². The molecule has 1 saturated heterocycles. The minimum absolute atomic E-state index is 0.297. The van der Waals surface area contributed by atoms with Gasteiger partial charge in [0, 0.05) is 13.1 Å². The molecule has 1 aromatic heterocycles. The maximum atomic E-state index is 12.5. The average Bonchev–Trinajstić information content (AvgIpc) is 3.06. The van der Waals surface area contributed by atoms with Crippen LogP contribution >= 0.6 is 0 Å². The van der Waals surface area contributed by atoms with Crippen LogP contribution in [0.15, 0.2) is 24.8 Å². The zero-order chi connectivity index (χ0) is 17.8. The van der Waals surface area contributed by atoms with E-state index in [1.165, 1.54) is 0 Å². The van der Waals surface area contributed by atoms with Crippen molar-refractivity contribution in [3.63, 3.8) is 0 Å². The molecule has 25 heavy (non-hydrogen) atoms. The van der Waals surface area contributed by atoms with E-state index in [4.69, 9.17) is 0 Å². The molecule has 2 aromatic rings. The summed E-state index contributed by atoms with van der Waals surface area (Å²) in [6, 6.07) is 3.90. The van der Waals surface area contributed by atoms with Crippen LogP contribution in [0.1, 0.15) is 29.5 Å². The highest BCUT2D eigenvalue weighted by Gasteiger charge is 2.20. The molecule has 1 aliphatic heterocycles. The summed E-state index contributed by atoms with van der Waals surface area (Å²) in [7, 11) is 0. The van der Waals surface area contributed by atoms with Gasteiger partial charge >= 0.3 is 6.61 Å². The SMILES string of the molecule is Cc1cc(CN2CCC(Cn3cncn3)CC2)cc(C)c1OC(F)F. The summed E-state index contributed by atoms with van der Waals surface area (Å²) in [4.78, 5) is 6.40. The summed E-state index contributed by atoms with van der Waals surface area (Å²) < 4.78 is 31.5. The van der Waals surface area contributed by atoms with Crippen LogP contribution in [0.5, 0.6) is 5.75 Å². The highest BCUT2D eigenvalue weighted by Crippen LogP contribution is 2.28. The van der Waals surface area contributed by atoms with Crippen molar-refractivity contribution >= 4 is 0 Å². The summed E-state index contributed by atoms with van der Waals surface area (Å²) >= 11 is 0. The Morgan fingerprint density at radius 2 is 1.88 bits per heavy atom. The predicted octanol–water partition coefficient (Wildman–Crippen LogP) is 3.41. The number of alkyl halides is 2. The van der Waals surface area contributed by atoms with Crippen molar-refractivity contribution in [2.24, 2.45) is 5.92 Å². The Morgan fingerprint density at radius 1 is 1.20 bits per heavy atom. The smallest absolute Gasteiger partial charge is 0.387 e. The third kappa shape index (κ3) is 4.75. The summed E-state index contributed by atoms with van der Waals surface area (Å²) in [5, 5.41) is 4.17. The van der Waals surface area contributed by atoms with Crippen LogP contribution in [0.3, 0.4) is 0 Å². The van der Waals surface area contributed by atoms with Crippen LogP contribution in [0.2, 0.25) is 0 Å². The number of likely N-dealkylation sites (tertiary alicyclic amines) is 1. The Labute approximate surface area is 146 Å². The van der Waals surface area contributed by atoms with Gasteiger partial charge in [-0.15, -0.1) is 0 Å². The average molecular weight is 350 g/mol. The van der Waals surface area contributed by atoms with E-state index in [0.717, 1.165) is 55.7 Å². The van der Waals surface area contributed by atoms with Crippen molar-refractivity contribution in [3.05, 3.63) is 41.5 Å². The molecule has 5 nitrogen and oxygen atoms in total. The van der Waals surface area contributed by atoms with Gasteiger partial charge in [0.15, 0.2) is 0 Å². The van der Waals surface area contributed by atoms with E-state index < -0.39 is 6.61 Å². The lowest BCUT2D eigenvalue weighted by Gasteiger charge is -2.32. The molecule has 0 N–H and O–H groups in total. The van der Waals surface area contributed by atoms with Crippen LogP contribution in [0, 0.1) is 19.8 Å². The molecule has 0 atom stereocenters. The molecular weight excluding hydrogens is 326 g/mol. The topological polar surface area (TPSA) is 43.2 Å². The Bertz CT molecular complexity index is 659. The molecule has 0 spiro atoms. The van der Waals surface area contributed by atoms with E-state index in [0.29, 0.717) is 11.7 Å². The quantitative estimate of drug-likeness (QED) is 0.801. The highest BCUT2D eigenvalue weighted by molar-refractivity contribution is 5.43. The third-order valence-electron chi connectivity index (χ3n) is 4.75. The molecule has 0 bridgehead atoms. The lowest BCUT2D eigenvalue weighted by molar-refractivity contribution is -0.0507. The van der Waals surface area contributed by atoms with Crippen molar-refractivity contribution in [2.75, 3.05) is 13.1 Å². The number of halogens is 2. The van der Waals surface area contributed by atoms with Crippen LogP contribution in [-0.4, -0.2) is 39.4 Å². The fourth-order valence-electron chi connectivity index (χ4n) is 3.58. The van der Waals surface area contributed by atoms with Crippen LogP contribution in [0.25, 0.3) is 0 Å². The molecule has 2 heterocycles. The van der Waals surface area contributed by atoms with Gasteiger partial charge in [-0.1, -0.05) is 12.1 Å². The minimum atomic E-state index is -2.78. The van der Waals surface area contributed by atoms with Gasteiger partial charge in [-0.25, -0.2) is 4.98 Å². The molecule has 0 unspecified atom stereocenters. The number of hydrogen-bond acceptors (Lipinski definition) is 4. The van der Waals surface area contributed by atoms with Gasteiger partial charge in [0.1, 0.15) is 18.4 Å². The number of rotatable bonds is 6. The molecule has 0 aliphatic carbocycles. The fraction of sp³-hybridized carbons (Fsp3) is 0.556. The monoisotopic (exact) mass is 350 g/mol. The first-order valence-electron chi connectivity index (χ1n) is 8.61. The second-order valence-corrected chi connectivity index (χ2v) is 6.77. The standard InChI is InChI=1S/C18H24F2N4O/c1-13-7-16(8-14(2)17(13)25-18(19)20)9-23-5-3-15(4-6-23)10-24-12-21-11-22-24/h7-8,11-12,15,18H,3-6,9-10H2,1-2H3. The molecular formula is C18H24F2N4O. The van der Waals surface area contributed by atoms with E-state index in [1.807, 2.05) is 30.7 Å². The van der Waals surface area contributed by atoms with Crippen molar-refractivity contribution < 1.29 is 13.5 Å². The van der Waals surface area contributed by atoms with Crippen LogP contribution in [-0.2, 0) is 13.1 Å². The molecule has 1 aliphatic rings. The third-order valence-corrected chi connectivity index (χ3v) is 4.75. The Morgan fingerprint density at radius 3 is 2.44 bits per heavy atom. The van der Waals surface area contributed by atoms with Gasteiger partial charge in [-0.3, -0.25) is 9.58 Å². The second kappa shape index (κ2) is 7.91. The van der Waals surface area contributed by atoms with Gasteiger partial charge in [-0.2, -0.15) is 13.9 Å². The second-order valence-electron chi connectivity index (χ2n) is 6.77. The summed E-state index contributed by atoms with van der Waals surface area (Å²) in [6.07, 6.45) is 5.59. The number of ether oxygens (including phenoxy) is 1. The van der Waals surface area contributed by atoms with E-state index >= 15 is 0 Å². The lowest BCUT2D eigenvalue weighted by Crippen LogP contribution is -2.34. The Balaban J connectivity index is 1.55. The molecule has 1 fully saturated rings. The van der Waals surface area contributed by atoms with Crippen molar-refractivity contribution in [3.8, 4) is 5.75 Å². The van der Waals surface area contributed by atoms with Gasteiger partial charge in [-0.05, 0) is 62.4 Å². The number of benzene rings is 1. The maximum Gasteiger partial charge on any atom is 0.387 e. The molecule has 136 valence electrons. The Kier molecular flexibility index (Phi) is 5.63. The van der Waals surface area contributed by atoms with E-state index in [2.05, 4.69) is 19.7 Å². The fourth-order valence-corrected chi connectivity index (χ4v) is 3.58. The summed E-state index contributed by atoms with van der Waals surface area (Å²) in [5.74, 6) is 0.925.